The number of nitrogens with one attached hydrogen (secondary N) is 1. The van der Waals surface area contributed by atoms with Crippen molar-refractivity contribution in [3.05, 3.63) is 72.3 Å². The maximum Gasteiger partial charge on any atom is 0.256 e. The Hall–Kier alpha value is -3.58. The van der Waals surface area contributed by atoms with Gasteiger partial charge in [-0.15, -0.1) is 0 Å². The molecule has 1 N–H and O–H groups in total. The molecular formula is C24H24N6O. The summed E-state index contributed by atoms with van der Waals surface area (Å²) in [6, 6.07) is 11.7. The number of pyridine rings is 2. The number of rotatable bonds is 5. The molecular weight excluding hydrogens is 388 g/mol. The Balaban J connectivity index is 1.35. The van der Waals surface area contributed by atoms with E-state index >= 15 is 0 Å². The third kappa shape index (κ3) is 4.32. The number of amides is 1. The monoisotopic (exact) mass is 412 g/mol. The molecule has 1 fully saturated rings. The van der Waals surface area contributed by atoms with Gasteiger partial charge in [0, 0.05) is 48.1 Å². The smallest absolute Gasteiger partial charge is 0.256 e. The molecule has 3 aromatic heterocycles. The van der Waals surface area contributed by atoms with Gasteiger partial charge >= 0.3 is 0 Å². The molecule has 7 heteroatoms. The van der Waals surface area contributed by atoms with Crippen LogP contribution in [0.2, 0.25) is 0 Å². The van der Waals surface area contributed by atoms with Crippen LogP contribution in [0, 0.1) is 0 Å². The Morgan fingerprint density at radius 1 is 1.03 bits per heavy atom. The van der Waals surface area contributed by atoms with E-state index in [9.17, 15) is 4.79 Å². The summed E-state index contributed by atoms with van der Waals surface area (Å²) in [6.07, 6.45) is 9.76. The van der Waals surface area contributed by atoms with Gasteiger partial charge in [0.05, 0.1) is 17.9 Å². The van der Waals surface area contributed by atoms with Crippen LogP contribution in [0.4, 0.5) is 5.82 Å². The number of benzene rings is 1. The fourth-order valence-corrected chi connectivity index (χ4v) is 4.03. The summed E-state index contributed by atoms with van der Waals surface area (Å²) in [5.41, 5.74) is 4.54. The molecule has 0 spiro atoms. The van der Waals surface area contributed by atoms with E-state index in [2.05, 4.69) is 31.3 Å². The summed E-state index contributed by atoms with van der Waals surface area (Å²) in [5.74, 6) is 0.346. The van der Waals surface area contributed by atoms with E-state index in [1.165, 1.54) is 12.8 Å². The molecule has 0 bridgehead atoms. The lowest BCUT2D eigenvalue weighted by Gasteiger charge is -2.15. The van der Waals surface area contributed by atoms with Crippen molar-refractivity contribution < 1.29 is 4.79 Å². The number of nitrogens with zero attached hydrogens (tertiary/aromatic N) is 5. The molecule has 0 unspecified atom stereocenters. The highest BCUT2D eigenvalue weighted by molar-refractivity contribution is 6.04. The van der Waals surface area contributed by atoms with E-state index in [1.807, 2.05) is 56.0 Å². The molecule has 1 amide bonds. The zero-order valence-electron chi connectivity index (χ0n) is 17.5. The van der Waals surface area contributed by atoms with Crippen LogP contribution in [-0.2, 0) is 13.6 Å². The molecule has 4 heterocycles. The first-order valence-corrected chi connectivity index (χ1v) is 10.5. The summed E-state index contributed by atoms with van der Waals surface area (Å²) in [6.45, 7) is 3.15. The number of hydrogen-bond acceptors (Lipinski definition) is 5. The molecule has 5 rings (SSSR count). The van der Waals surface area contributed by atoms with E-state index in [0.717, 1.165) is 47.2 Å². The lowest BCUT2D eigenvalue weighted by Crippen LogP contribution is -2.19. The van der Waals surface area contributed by atoms with Gasteiger partial charge in [0.2, 0.25) is 0 Å². The number of fused-ring (bicyclic) bond motifs is 1. The van der Waals surface area contributed by atoms with Crippen LogP contribution < -0.4 is 5.32 Å². The first kappa shape index (κ1) is 19.4. The first-order chi connectivity index (χ1) is 15.1. The number of aromatic nitrogens is 4. The molecule has 0 radical (unpaired) electrons. The Kier molecular flexibility index (Phi) is 5.18. The molecule has 4 aromatic rings. The average Bonchev–Trinajstić information content (AvgIpc) is 3.45. The highest BCUT2D eigenvalue weighted by atomic mass is 16.1. The van der Waals surface area contributed by atoms with Crippen LogP contribution in [0.15, 0.2) is 61.2 Å². The minimum absolute atomic E-state index is 0.161. The van der Waals surface area contributed by atoms with E-state index in [1.54, 1.807) is 10.9 Å². The minimum atomic E-state index is -0.161. The van der Waals surface area contributed by atoms with Gasteiger partial charge in [0.25, 0.3) is 5.91 Å². The summed E-state index contributed by atoms with van der Waals surface area (Å²) in [7, 11) is 1.88. The van der Waals surface area contributed by atoms with E-state index in [-0.39, 0.29) is 5.91 Å². The second-order valence-electron chi connectivity index (χ2n) is 8.03. The highest BCUT2D eigenvalue weighted by Crippen LogP contribution is 2.23. The number of aryl methyl sites for hydroxylation is 1. The fourth-order valence-electron chi connectivity index (χ4n) is 4.03. The second-order valence-corrected chi connectivity index (χ2v) is 8.03. The zero-order valence-corrected chi connectivity index (χ0v) is 17.5. The van der Waals surface area contributed by atoms with Crippen molar-refractivity contribution in [1.82, 2.24) is 24.6 Å². The summed E-state index contributed by atoms with van der Waals surface area (Å²) in [4.78, 5) is 24.1. The SMILES string of the molecule is Cn1cc(-c2cnc3cnc(NC(=O)c4cccc(CN5CCCC5)c4)cc3c2)cn1. The molecule has 1 aliphatic rings. The van der Waals surface area contributed by atoms with E-state index < -0.39 is 0 Å². The van der Waals surface area contributed by atoms with Gasteiger partial charge < -0.3 is 5.32 Å². The number of likely N-dealkylation sites (tertiary alicyclic amines) is 1. The molecule has 156 valence electrons. The second kappa shape index (κ2) is 8.28. The topological polar surface area (TPSA) is 75.9 Å². The van der Waals surface area contributed by atoms with Crippen molar-refractivity contribution in [2.24, 2.45) is 7.05 Å². The lowest BCUT2D eigenvalue weighted by atomic mass is 10.1. The molecule has 7 nitrogen and oxygen atoms in total. The van der Waals surface area contributed by atoms with Gasteiger partial charge in [-0.1, -0.05) is 12.1 Å². The van der Waals surface area contributed by atoms with Gasteiger partial charge in [-0.2, -0.15) is 5.10 Å². The van der Waals surface area contributed by atoms with Gasteiger partial charge in [-0.05, 0) is 55.8 Å². The third-order valence-corrected chi connectivity index (χ3v) is 5.64. The van der Waals surface area contributed by atoms with E-state index in [4.69, 9.17) is 0 Å². The maximum absolute atomic E-state index is 12.8. The minimum Gasteiger partial charge on any atom is -0.307 e. The molecule has 1 saturated heterocycles. The molecule has 1 aromatic carbocycles. The van der Waals surface area contributed by atoms with Crippen molar-refractivity contribution in [1.29, 1.82) is 0 Å². The Bertz CT molecular complexity index is 1240. The van der Waals surface area contributed by atoms with Gasteiger partial charge in [0.1, 0.15) is 5.82 Å². The normalized spacial score (nSPS) is 14.2. The Morgan fingerprint density at radius 2 is 1.90 bits per heavy atom. The third-order valence-electron chi connectivity index (χ3n) is 5.64. The van der Waals surface area contributed by atoms with Crippen molar-refractivity contribution >= 4 is 22.6 Å². The zero-order chi connectivity index (χ0) is 21.2. The number of carbonyl (C=O) groups is 1. The highest BCUT2D eigenvalue weighted by Gasteiger charge is 2.14. The standard InChI is InChI=1S/C24H24N6O/c1-29-16-21(13-27-29)20-10-19-11-23(26-14-22(19)25-12-20)28-24(31)18-6-4-5-17(9-18)15-30-7-2-3-8-30/h4-6,9-14,16H,2-3,7-8,15H2,1H3,(H,26,28,31). The number of hydrogen-bond donors (Lipinski definition) is 1. The van der Waals surface area contributed by atoms with Gasteiger partial charge in [-0.25, -0.2) is 4.98 Å². The van der Waals surface area contributed by atoms with Crippen LogP contribution in [-0.4, -0.2) is 43.6 Å². The lowest BCUT2D eigenvalue weighted by molar-refractivity contribution is 0.102. The quantitative estimate of drug-likeness (QED) is 0.538. The van der Waals surface area contributed by atoms with Crippen molar-refractivity contribution in [3.63, 3.8) is 0 Å². The molecule has 31 heavy (non-hydrogen) atoms. The van der Waals surface area contributed by atoms with E-state index in [0.29, 0.717) is 11.4 Å². The molecule has 0 aliphatic carbocycles. The molecule has 0 saturated carbocycles. The maximum atomic E-state index is 12.8. The van der Waals surface area contributed by atoms with Crippen LogP contribution in [0.1, 0.15) is 28.8 Å². The number of carbonyl (C=O) groups excluding carboxylic acids is 1. The summed E-state index contributed by atoms with van der Waals surface area (Å²) in [5, 5.41) is 8.06. The molecule has 0 atom stereocenters. The van der Waals surface area contributed by atoms with Crippen LogP contribution in [0.3, 0.4) is 0 Å². The Labute approximate surface area is 180 Å². The largest absolute Gasteiger partial charge is 0.307 e. The molecule has 1 aliphatic heterocycles. The number of anilines is 1. The average molecular weight is 412 g/mol. The summed E-state index contributed by atoms with van der Waals surface area (Å²) < 4.78 is 1.76. The van der Waals surface area contributed by atoms with Crippen LogP contribution in [0.5, 0.6) is 0 Å². The van der Waals surface area contributed by atoms with Crippen LogP contribution in [0.25, 0.3) is 22.0 Å². The first-order valence-electron chi connectivity index (χ1n) is 10.5. The van der Waals surface area contributed by atoms with Crippen molar-refractivity contribution in [2.75, 3.05) is 18.4 Å². The van der Waals surface area contributed by atoms with Gasteiger partial charge in [-0.3, -0.25) is 19.4 Å². The van der Waals surface area contributed by atoms with Crippen LogP contribution >= 0.6 is 0 Å². The Morgan fingerprint density at radius 3 is 2.71 bits per heavy atom. The van der Waals surface area contributed by atoms with Gasteiger partial charge in [0.15, 0.2) is 0 Å². The predicted octanol–water partition coefficient (Wildman–Crippen LogP) is 3.88. The van der Waals surface area contributed by atoms with Crippen molar-refractivity contribution in [3.8, 4) is 11.1 Å². The predicted molar refractivity (Wildman–Crippen MR) is 121 cm³/mol. The fraction of sp³-hybridized carbons (Fsp3) is 0.250. The van der Waals surface area contributed by atoms with Crippen molar-refractivity contribution in [2.45, 2.75) is 19.4 Å². The summed E-state index contributed by atoms with van der Waals surface area (Å²) >= 11 is 0.